The molecule has 0 spiro atoms. The molecule has 1 aliphatic carbocycles. The Bertz CT molecular complexity index is 1100. The van der Waals surface area contributed by atoms with Crippen LogP contribution in [0.3, 0.4) is 0 Å². The monoisotopic (exact) mass is 455 g/mol. The molecule has 0 atom stereocenters. The van der Waals surface area contributed by atoms with Crippen LogP contribution in [-0.2, 0) is 11.3 Å². The van der Waals surface area contributed by atoms with Crippen molar-refractivity contribution in [3.05, 3.63) is 52.6 Å². The maximum absolute atomic E-state index is 12.5. The number of halogens is 1. The van der Waals surface area contributed by atoms with Crippen LogP contribution in [0.1, 0.15) is 40.8 Å². The van der Waals surface area contributed by atoms with E-state index in [2.05, 4.69) is 30.7 Å². The number of carbonyl (C=O) groups excluding carboxylic acids is 1. The average molecular weight is 456 g/mol. The highest BCUT2D eigenvalue weighted by Crippen LogP contribution is 2.40. The van der Waals surface area contributed by atoms with Crippen molar-refractivity contribution in [2.75, 3.05) is 36.5 Å². The van der Waals surface area contributed by atoms with Gasteiger partial charge in [-0.2, -0.15) is 15.0 Å². The van der Waals surface area contributed by atoms with Gasteiger partial charge in [0.1, 0.15) is 5.76 Å². The third-order valence-corrected chi connectivity index (χ3v) is 5.46. The van der Waals surface area contributed by atoms with Crippen LogP contribution in [0.15, 0.2) is 34.9 Å². The van der Waals surface area contributed by atoms with Gasteiger partial charge in [-0.25, -0.2) is 0 Å². The molecule has 0 unspecified atom stereocenters. The van der Waals surface area contributed by atoms with Crippen molar-refractivity contribution in [2.24, 2.45) is 0 Å². The molecule has 0 radical (unpaired) electrons. The molecule has 10 nitrogen and oxygen atoms in total. The van der Waals surface area contributed by atoms with Crippen LogP contribution in [0, 0.1) is 0 Å². The molecule has 1 amide bonds. The van der Waals surface area contributed by atoms with Crippen LogP contribution in [0.25, 0.3) is 0 Å². The van der Waals surface area contributed by atoms with E-state index in [0.717, 1.165) is 24.3 Å². The fourth-order valence-electron chi connectivity index (χ4n) is 3.32. The summed E-state index contributed by atoms with van der Waals surface area (Å²) in [6.07, 6.45) is 2.16. The minimum atomic E-state index is -0.332. The summed E-state index contributed by atoms with van der Waals surface area (Å²) in [6, 6.07) is 8.94. The van der Waals surface area contributed by atoms with Gasteiger partial charge in [-0.1, -0.05) is 16.8 Å². The first-order valence-electron chi connectivity index (χ1n) is 10.5. The standard InChI is InChI=1S/C21H22ClN7O3/c22-14-3-5-15(6-4-14)24-20-25-18(26-21(27-20)29-7-9-31-10-8-29)12-23-19(30)16-11-17(32-28-16)13-1-2-13/h3-6,11,13H,1-2,7-10,12H2,(H,23,30)(H,24,25,26,27). The number of hydrogen-bond donors (Lipinski definition) is 2. The lowest BCUT2D eigenvalue weighted by atomic mass is 10.3. The second-order valence-corrected chi connectivity index (χ2v) is 8.11. The van der Waals surface area contributed by atoms with Crippen molar-refractivity contribution >= 4 is 35.1 Å². The Balaban J connectivity index is 1.33. The molecule has 1 saturated carbocycles. The quantitative estimate of drug-likeness (QED) is 0.554. The number of morpholine rings is 1. The van der Waals surface area contributed by atoms with E-state index in [1.165, 1.54) is 0 Å². The first-order valence-corrected chi connectivity index (χ1v) is 10.9. The van der Waals surface area contributed by atoms with E-state index in [0.29, 0.717) is 55.0 Å². The third kappa shape index (κ3) is 4.97. The Kier molecular flexibility index (Phi) is 5.87. The summed E-state index contributed by atoms with van der Waals surface area (Å²) in [4.78, 5) is 28.1. The summed E-state index contributed by atoms with van der Waals surface area (Å²) in [5.74, 6) is 2.16. The number of benzene rings is 1. The van der Waals surface area contributed by atoms with E-state index in [1.54, 1.807) is 18.2 Å². The molecule has 2 aromatic heterocycles. The highest BCUT2D eigenvalue weighted by molar-refractivity contribution is 6.30. The summed E-state index contributed by atoms with van der Waals surface area (Å²) < 4.78 is 10.7. The molecule has 2 fully saturated rings. The molecule has 5 rings (SSSR count). The molecule has 0 bridgehead atoms. The summed E-state index contributed by atoms with van der Waals surface area (Å²) >= 11 is 5.97. The van der Waals surface area contributed by atoms with Crippen molar-refractivity contribution in [2.45, 2.75) is 25.3 Å². The number of aromatic nitrogens is 4. The lowest BCUT2D eigenvalue weighted by Gasteiger charge is -2.27. The summed E-state index contributed by atoms with van der Waals surface area (Å²) in [6.45, 7) is 2.69. The summed E-state index contributed by atoms with van der Waals surface area (Å²) in [5, 5.41) is 10.5. The van der Waals surface area contributed by atoms with Crippen molar-refractivity contribution in [1.29, 1.82) is 0 Å². The maximum Gasteiger partial charge on any atom is 0.273 e. The Morgan fingerprint density at radius 3 is 2.66 bits per heavy atom. The number of nitrogens with zero attached hydrogens (tertiary/aromatic N) is 5. The molecule has 1 aliphatic heterocycles. The molecule has 3 heterocycles. The van der Waals surface area contributed by atoms with Crippen LogP contribution in [0.2, 0.25) is 5.02 Å². The number of hydrogen-bond acceptors (Lipinski definition) is 9. The highest BCUT2D eigenvalue weighted by atomic mass is 35.5. The van der Waals surface area contributed by atoms with Gasteiger partial charge < -0.3 is 24.8 Å². The van der Waals surface area contributed by atoms with Crippen molar-refractivity contribution < 1.29 is 14.1 Å². The molecule has 3 aromatic rings. The van der Waals surface area contributed by atoms with E-state index in [9.17, 15) is 4.79 Å². The van der Waals surface area contributed by atoms with E-state index < -0.39 is 0 Å². The Hall–Kier alpha value is -3.24. The van der Waals surface area contributed by atoms with Gasteiger partial charge in [0, 0.05) is 35.8 Å². The molecular formula is C21H22ClN7O3. The lowest BCUT2D eigenvalue weighted by Crippen LogP contribution is -2.38. The molecule has 2 aliphatic rings. The second kappa shape index (κ2) is 9.09. The van der Waals surface area contributed by atoms with Gasteiger partial charge in [0.05, 0.1) is 19.8 Å². The van der Waals surface area contributed by atoms with Gasteiger partial charge in [0.25, 0.3) is 5.91 Å². The van der Waals surface area contributed by atoms with Crippen LogP contribution >= 0.6 is 11.6 Å². The van der Waals surface area contributed by atoms with Crippen molar-refractivity contribution in [3.8, 4) is 0 Å². The number of ether oxygens (including phenoxy) is 1. The molecular weight excluding hydrogens is 434 g/mol. The number of carbonyl (C=O) groups is 1. The van der Waals surface area contributed by atoms with E-state index in [-0.39, 0.29) is 18.1 Å². The normalized spacial score (nSPS) is 16.1. The van der Waals surface area contributed by atoms with Gasteiger partial charge in [0.2, 0.25) is 11.9 Å². The van der Waals surface area contributed by atoms with Crippen molar-refractivity contribution in [1.82, 2.24) is 25.4 Å². The Labute approximate surface area is 189 Å². The Morgan fingerprint density at radius 1 is 1.12 bits per heavy atom. The first kappa shape index (κ1) is 20.7. The lowest BCUT2D eigenvalue weighted by molar-refractivity contribution is 0.0940. The van der Waals surface area contributed by atoms with Crippen LogP contribution in [0.4, 0.5) is 17.6 Å². The largest absolute Gasteiger partial charge is 0.378 e. The fraction of sp³-hybridized carbons (Fsp3) is 0.381. The zero-order valence-corrected chi connectivity index (χ0v) is 18.0. The van der Waals surface area contributed by atoms with Gasteiger partial charge >= 0.3 is 0 Å². The molecule has 1 aromatic carbocycles. The summed E-state index contributed by atoms with van der Waals surface area (Å²) in [7, 11) is 0. The first-order chi connectivity index (χ1) is 15.6. The Morgan fingerprint density at radius 2 is 1.91 bits per heavy atom. The van der Waals surface area contributed by atoms with Crippen LogP contribution in [0.5, 0.6) is 0 Å². The number of nitrogens with one attached hydrogen (secondary N) is 2. The van der Waals surface area contributed by atoms with Gasteiger partial charge in [-0.3, -0.25) is 4.79 Å². The van der Waals surface area contributed by atoms with Gasteiger partial charge in [0.15, 0.2) is 11.5 Å². The fourth-order valence-corrected chi connectivity index (χ4v) is 3.44. The molecule has 2 N–H and O–H groups in total. The van der Waals surface area contributed by atoms with E-state index in [1.807, 2.05) is 17.0 Å². The smallest absolute Gasteiger partial charge is 0.273 e. The average Bonchev–Trinajstić information content (AvgIpc) is 3.56. The predicted molar refractivity (Wildman–Crippen MR) is 117 cm³/mol. The van der Waals surface area contributed by atoms with Gasteiger partial charge in [-0.15, -0.1) is 0 Å². The summed E-state index contributed by atoms with van der Waals surface area (Å²) in [5.41, 5.74) is 1.05. The molecule has 11 heteroatoms. The van der Waals surface area contributed by atoms with Crippen molar-refractivity contribution in [3.63, 3.8) is 0 Å². The minimum Gasteiger partial charge on any atom is -0.378 e. The number of anilines is 3. The second-order valence-electron chi connectivity index (χ2n) is 7.68. The van der Waals surface area contributed by atoms with E-state index in [4.69, 9.17) is 20.9 Å². The maximum atomic E-state index is 12.5. The molecule has 32 heavy (non-hydrogen) atoms. The highest BCUT2D eigenvalue weighted by Gasteiger charge is 2.29. The van der Waals surface area contributed by atoms with Crippen LogP contribution in [-0.4, -0.2) is 52.3 Å². The van der Waals surface area contributed by atoms with Gasteiger partial charge in [-0.05, 0) is 37.1 Å². The third-order valence-electron chi connectivity index (χ3n) is 5.21. The SMILES string of the molecule is O=C(NCc1nc(Nc2ccc(Cl)cc2)nc(N2CCOCC2)n1)c1cc(C2CC2)on1. The minimum absolute atomic E-state index is 0.125. The predicted octanol–water partition coefficient (Wildman–Crippen LogP) is 2.90. The van der Waals surface area contributed by atoms with Crippen LogP contribution < -0.4 is 15.5 Å². The number of rotatable bonds is 7. The van der Waals surface area contributed by atoms with E-state index >= 15 is 0 Å². The topological polar surface area (TPSA) is 118 Å². The zero-order valence-electron chi connectivity index (χ0n) is 17.3. The number of amides is 1. The molecule has 166 valence electrons. The zero-order chi connectivity index (χ0) is 21.9. The molecule has 1 saturated heterocycles.